The molecule has 0 saturated heterocycles. The van der Waals surface area contributed by atoms with Gasteiger partial charge in [-0.1, -0.05) is 46.9 Å². The number of nitrogens with zero attached hydrogens (tertiary/aromatic N) is 1. The van der Waals surface area contributed by atoms with Crippen molar-refractivity contribution in [3.8, 4) is 5.75 Å². The zero-order chi connectivity index (χ0) is 17.5. The molecule has 0 heterocycles. The molecule has 0 spiro atoms. The van der Waals surface area contributed by atoms with Crippen molar-refractivity contribution in [2.75, 3.05) is 12.9 Å². The predicted molar refractivity (Wildman–Crippen MR) is 101 cm³/mol. The fraction of sp³-hybridized carbons (Fsp3) is 0.125. The van der Waals surface area contributed by atoms with Crippen LogP contribution in [-0.2, 0) is 4.79 Å². The molecule has 1 N–H and O–H groups in total. The van der Waals surface area contributed by atoms with Crippen molar-refractivity contribution in [2.24, 2.45) is 5.10 Å². The Morgan fingerprint density at radius 3 is 2.50 bits per heavy atom. The van der Waals surface area contributed by atoms with Gasteiger partial charge in [0.05, 0.1) is 21.3 Å². The van der Waals surface area contributed by atoms with Gasteiger partial charge in [0.1, 0.15) is 5.75 Å². The molecule has 0 aliphatic heterocycles. The minimum atomic E-state index is -0.422. The highest BCUT2D eigenvalue weighted by molar-refractivity contribution is 7.98. The molecule has 8 heteroatoms. The highest BCUT2D eigenvalue weighted by Crippen LogP contribution is 2.33. The molecule has 4 nitrogen and oxygen atoms in total. The normalized spacial score (nSPS) is 10.8. The maximum atomic E-state index is 11.7. The highest BCUT2D eigenvalue weighted by atomic mass is 35.5. The maximum Gasteiger partial charge on any atom is 0.277 e. The molecule has 2 aromatic rings. The van der Waals surface area contributed by atoms with Crippen molar-refractivity contribution >= 4 is 58.7 Å². The van der Waals surface area contributed by atoms with Crippen LogP contribution in [0.1, 0.15) is 5.56 Å². The third kappa shape index (κ3) is 5.60. The summed E-state index contributed by atoms with van der Waals surface area (Å²) < 4.78 is 5.30. The summed E-state index contributed by atoms with van der Waals surface area (Å²) in [6.45, 7) is -0.250. The molecule has 0 aromatic heterocycles. The van der Waals surface area contributed by atoms with Crippen LogP contribution >= 0.6 is 46.6 Å². The average Bonchev–Trinajstić information content (AvgIpc) is 2.57. The zero-order valence-electron chi connectivity index (χ0n) is 12.6. The van der Waals surface area contributed by atoms with Gasteiger partial charge in [-0.15, -0.1) is 11.8 Å². The van der Waals surface area contributed by atoms with E-state index in [2.05, 4.69) is 10.5 Å². The molecule has 0 saturated carbocycles. The van der Waals surface area contributed by atoms with Crippen LogP contribution in [0.3, 0.4) is 0 Å². The van der Waals surface area contributed by atoms with E-state index >= 15 is 0 Å². The van der Waals surface area contributed by atoms with E-state index < -0.39 is 5.91 Å². The summed E-state index contributed by atoms with van der Waals surface area (Å²) in [7, 11) is 0. The number of halogens is 3. The van der Waals surface area contributed by atoms with Gasteiger partial charge in [-0.25, -0.2) is 5.43 Å². The largest absolute Gasteiger partial charge is 0.482 e. The lowest BCUT2D eigenvalue weighted by atomic mass is 10.2. The van der Waals surface area contributed by atoms with E-state index in [4.69, 9.17) is 39.5 Å². The van der Waals surface area contributed by atoms with Gasteiger partial charge in [0.25, 0.3) is 5.91 Å². The van der Waals surface area contributed by atoms with Gasteiger partial charge >= 0.3 is 0 Å². The van der Waals surface area contributed by atoms with Gasteiger partial charge in [0, 0.05) is 11.0 Å². The van der Waals surface area contributed by atoms with Crippen LogP contribution in [0, 0.1) is 0 Å². The summed E-state index contributed by atoms with van der Waals surface area (Å²) in [6, 6.07) is 10.7. The highest BCUT2D eigenvalue weighted by Gasteiger charge is 2.09. The first kappa shape index (κ1) is 18.9. The molecule has 0 bridgehead atoms. The molecular weight excluding hydrogens is 391 g/mol. The lowest BCUT2D eigenvalue weighted by Crippen LogP contribution is -2.24. The fourth-order valence-corrected chi connectivity index (χ4v) is 2.66. The number of hydrogen-bond donors (Lipinski definition) is 1. The van der Waals surface area contributed by atoms with E-state index in [0.29, 0.717) is 10.0 Å². The summed E-state index contributed by atoms with van der Waals surface area (Å²) in [4.78, 5) is 12.9. The van der Waals surface area contributed by atoms with Crippen LogP contribution < -0.4 is 10.2 Å². The number of hydrazone groups is 1. The Morgan fingerprint density at radius 1 is 1.17 bits per heavy atom. The Hall–Kier alpha value is -1.40. The van der Waals surface area contributed by atoms with Gasteiger partial charge in [-0.3, -0.25) is 4.79 Å². The van der Waals surface area contributed by atoms with Gasteiger partial charge < -0.3 is 4.74 Å². The molecule has 2 rings (SSSR count). The van der Waals surface area contributed by atoms with Gasteiger partial charge in [-0.2, -0.15) is 5.10 Å². The number of hydrogen-bond acceptors (Lipinski definition) is 4. The molecule has 1 amide bonds. The lowest BCUT2D eigenvalue weighted by Gasteiger charge is -2.08. The Morgan fingerprint density at radius 2 is 1.83 bits per heavy atom. The second kappa shape index (κ2) is 9.18. The predicted octanol–water partition coefficient (Wildman–Crippen LogP) is 4.90. The van der Waals surface area contributed by atoms with Crippen LogP contribution in [-0.4, -0.2) is 25.0 Å². The number of nitrogens with one attached hydrogen (secondary N) is 1. The van der Waals surface area contributed by atoms with E-state index in [9.17, 15) is 4.79 Å². The summed E-state index contributed by atoms with van der Waals surface area (Å²) in [5.41, 5.74) is 3.25. The topological polar surface area (TPSA) is 50.7 Å². The Labute approximate surface area is 159 Å². The number of amides is 1. The van der Waals surface area contributed by atoms with Crippen molar-refractivity contribution in [3.05, 3.63) is 57.0 Å². The Balaban J connectivity index is 1.85. The number of carbonyl (C=O) groups is 1. The van der Waals surface area contributed by atoms with Crippen molar-refractivity contribution in [3.63, 3.8) is 0 Å². The molecule has 0 aliphatic carbocycles. The minimum Gasteiger partial charge on any atom is -0.482 e. The van der Waals surface area contributed by atoms with Crippen molar-refractivity contribution in [1.82, 2.24) is 5.43 Å². The molecule has 0 aliphatic rings. The molecule has 126 valence electrons. The molecule has 0 fully saturated rings. The molecule has 0 radical (unpaired) electrons. The van der Waals surface area contributed by atoms with Crippen molar-refractivity contribution < 1.29 is 9.53 Å². The van der Waals surface area contributed by atoms with Gasteiger partial charge in [0.15, 0.2) is 6.61 Å². The third-order valence-corrected chi connectivity index (χ3v) is 4.61. The SMILES string of the molecule is CSc1ccc(C=NNC(=O)COc2cc(Cl)c(Cl)cc2Cl)cc1. The van der Waals surface area contributed by atoms with Crippen LogP contribution in [0.2, 0.25) is 15.1 Å². The summed E-state index contributed by atoms with van der Waals surface area (Å²) in [5.74, 6) is -0.146. The number of ether oxygens (including phenoxy) is 1. The first-order valence-corrected chi connectivity index (χ1v) is 9.08. The summed E-state index contributed by atoms with van der Waals surface area (Å²) in [6.07, 6.45) is 3.55. The lowest BCUT2D eigenvalue weighted by molar-refractivity contribution is -0.123. The van der Waals surface area contributed by atoms with Crippen LogP contribution in [0.15, 0.2) is 46.4 Å². The van der Waals surface area contributed by atoms with Crippen LogP contribution in [0.4, 0.5) is 0 Å². The fourth-order valence-electron chi connectivity index (χ4n) is 1.66. The van der Waals surface area contributed by atoms with E-state index in [1.165, 1.54) is 12.1 Å². The zero-order valence-corrected chi connectivity index (χ0v) is 15.6. The Kier molecular flexibility index (Phi) is 7.24. The monoisotopic (exact) mass is 402 g/mol. The maximum absolute atomic E-state index is 11.7. The number of thioether (sulfide) groups is 1. The van der Waals surface area contributed by atoms with Crippen LogP contribution in [0.25, 0.3) is 0 Å². The van der Waals surface area contributed by atoms with E-state index in [0.717, 1.165) is 10.5 Å². The van der Waals surface area contributed by atoms with E-state index in [1.807, 2.05) is 30.5 Å². The Bertz CT molecular complexity index is 752. The first-order valence-electron chi connectivity index (χ1n) is 6.73. The van der Waals surface area contributed by atoms with Gasteiger partial charge in [0.2, 0.25) is 0 Å². The molecule has 2 aromatic carbocycles. The summed E-state index contributed by atoms with van der Waals surface area (Å²) >= 11 is 19.3. The molecule has 0 atom stereocenters. The minimum absolute atomic E-state index is 0.250. The quantitative estimate of drug-likeness (QED) is 0.323. The smallest absolute Gasteiger partial charge is 0.277 e. The second-order valence-corrected chi connectivity index (χ2v) is 6.65. The summed E-state index contributed by atoms with van der Waals surface area (Å²) in [5, 5.41) is 4.75. The average molecular weight is 404 g/mol. The number of benzene rings is 2. The van der Waals surface area contributed by atoms with E-state index in [-0.39, 0.29) is 17.4 Å². The van der Waals surface area contributed by atoms with E-state index in [1.54, 1.807) is 18.0 Å². The molecular formula is C16H13Cl3N2O2S. The van der Waals surface area contributed by atoms with Gasteiger partial charge in [-0.05, 0) is 30.0 Å². The standard InChI is InChI=1S/C16H13Cl3N2O2S/c1-24-11-4-2-10(3-5-11)8-20-21-16(22)9-23-15-7-13(18)12(17)6-14(15)19/h2-8H,9H2,1H3,(H,21,22). The van der Waals surface area contributed by atoms with Crippen LogP contribution in [0.5, 0.6) is 5.75 Å². The van der Waals surface area contributed by atoms with Crippen molar-refractivity contribution in [1.29, 1.82) is 0 Å². The second-order valence-electron chi connectivity index (χ2n) is 4.55. The third-order valence-electron chi connectivity index (χ3n) is 2.85. The molecule has 0 unspecified atom stereocenters. The molecule has 24 heavy (non-hydrogen) atoms. The first-order chi connectivity index (χ1) is 11.5. The number of rotatable bonds is 6. The van der Waals surface area contributed by atoms with Crippen molar-refractivity contribution in [2.45, 2.75) is 4.90 Å². The number of carbonyl (C=O) groups excluding carboxylic acids is 1.